The first kappa shape index (κ1) is 23.5. The Kier molecular flexibility index (Phi) is 8.68. The van der Waals surface area contributed by atoms with Gasteiger partial charge in [0.25, 0.3) is 0 Å². The lowest BCUT2D eigenvalue weighted by Crippen LogP contribution is -2.55. The number of amides is 2. The van der Waals surface area contributed by atoms with Crippen molar-refractivity contribution >= 4 is 39.5 Å². The van der Waals surface area contributed by atoms with Gasteiger partial charge in [-0.05, 0) is 53.9 Å². The molecule has 26 heavy (non-hydrogen) atoms. The summed E-state index contributed by atoms with van der Waals surface area (Å²) in [6.07, 6.45) is 0.990. The van der Waals surface area contributed by atoms with Crippen LogP contribution in [0, 0.1) is 0 Å². The summed E-state index contributed by atoms with van der Waals surface area (Å²) in [5, 5.41) is 11.0. The van der Waals surface area contributed by atoms with Gasteiger partial charge in [-0.1, -0.05) is 15.9 Å². The van der Waals surface area contributed by atoms with Gasteiger partial charge in [-0.2, -0.15) is 0 Å². The summed E-state index contributed by atoms with van der Waals surface area (Å²) in [6, 6.07) is -0.0363. The fourth-order valence-electron chi connectivity index (χ4n) is 2.82. The summed E-state index contributed by atoms with van der Waals surface area (Å²) in [5.74, 6) is 0.326. The van der Waals surface area contributed by atoms with Gasteiger partial charge in [0.1, 0.15) is 5.60 Å². The molecule has 1 unspecified atom stereocenters. The van der Waals surface area contributed by atoms with Gasteiger partial charge >= 0.3 is 6.09 Å². The number of hydrogen-bond acceptors (Lipinski definition) is 4. The molecule has 152 valence electrons. The van der Waals surface area contributed by atoms with Crippen LogP contribution in [0.5, 0.6) is 0 Å². The standard InChI is InChI=1S/C18H32BrClN2O4/c1-13(2)22(15(23)14(19)6-9-20)12-18(25)7-10-21(11-8-18)16(24)26-17(3,4)5/h13-14,25H,6-12H2,1-5H3. The number of ether oxygens (including phenoxy) is 1. The molecule has 1 atom stereocenters. The van der Waals surface area contributed by atoms with Gasteiger partial charge in [0.2, 0.25) is 5.91 Å². The van der Waals surface area contributed by atoms with Crippen LogP contribution in [0.15, 0.2) is 0 Å². The van der Waals surface area contributed by atoms with E-state index in [-0.39, 0.29) is 29.4 Å². The number of rotatable bonds is 6. The van der Waals surface area contributed by atoms with E-state index in [2.05, 4.69) is 15.9 Å². The van der Waals surface area contributed by atoms with Crippen molar-refractivity contribution in [2.45, 2.75) is 76.0 Å². The number of carbonyl (C=O) groups excluding carboxylic acids is 2. The number of nitrogens with zero attached hydrogens (tertiary/aromatic N) is 2. The zero-order chi connectivity index (χ0) is 20.1. The van der Waals surface area contributed by atoms with Crippen molar-refractivity contribution in [3.63, 3.8) is 0 Å². The average molecular weight is 456 g/mol. The van der Waals surface area contributed by atoms with Gasteiger partial charge in [-0.3, -0.25) is 4.79 Å². The maximum Gasteiger partial charge on any atom is 0.410 e. The third kappa shape index (κ3) is 7.24. The van der Waals surface area contributed by atoms with E-state index in [1.807, 2.05) is 34.6 Å². The van der Waals surface area contributed by atoms with Crippen molar-refractivity contribution in [2.24, 2.45) is 0 Å². The zero-order valence-corrected chi connectivity index (χ0v) is 18.8. The van der Waals surface area contributed by atoms with Crippen LogP contribution in [0.25, 0.3) is 0 Å². The second kappa shape index (κ2) is 9.60. The number of halogens is 2. The van der Waals surface area contributed by atoms with Crippen molar-refractivity contribution in [3.8, 4) is 0 Å². The summed E-state index contributed by atoms with van der Waals surface area (Å²) in [6.45, 7) is 10.4. The molecule has 0 saturated carbocycles. The van der Waals surface area contributed by atoms with Gasteiger partial charge in [0, 0.05) is 31.6 Å². The van der Waals surface area contributed by atoms with Crippen LogP contribution in [-0.2, 0) is 9.53 Å². The zero-order valence-electron chi connectivity index (χ0n) is 16.4. The highest BCUT2D eigenvalue weighted by atomic mass is 79.9. The van der Waals surface area contributed by atoms with Crippen molar-refractivity contribution in [1.82, 2.24) is 9.80 Å². The van der Waals surface area contributed by atoms with E-state index in [1.54, 1.807) is 9.80 Å². The molecule has 8 heteroatoms. The Labute approximate surface area is 170 Å². The molecule has 0 spiro atoms. The van der Waals surface area contributed by atoms with E-state index in [0.29, 0.717) is 38.2 Å². The first-order chi connectivity index (χ1) is 11.9. The molecule has 0 aromatic rings. The monoisotopic (exact) mass is 454 g/mol. The minimum atomic E-state index is -1.01. The molecule has 0 bridgehead atoms. The van der Waals surface area contributed by atoms with Crippen LogP contribution < -0.4 is 0 Å². The Morgan fingerprint density at radius 1 is 1.31 bits per heavy atom. The van der Waals surface area contributed by atoms with Gasteiger partial charge in [0.15, 0.2) is 0 Å². The molecule has 1 N–H and O–H groups in total. The lowest BCUT2D eigenvalue weighted by Gasteiger charge is -2.42. The van der Waals surface area contributed by atoms with Gasteiger partial charge in [0.05, 0.1) is 10.4 Å². The molecular formula is C18H32BrClN2O4. The maximum atomic E-state index is 12.6. The van der Waals surface area contributed by atoms with E-state index in [1.165, 1.54) is 0 Å². The fourth-order valence-corrected chi connectivity index (χ4v) is 3.80. The molecule has 0 aromatic heterocycles. The summed E-state index contributed by atoms with van der Waals surface area (Å²) < 4.78 is 5.38. The van der Waals surface area contributed by atoms with Crippen LogP contribution in [0.4, 0.5) is 4.79 Å². The van der Waals surface area contributed by atoms with E-state index in [9.17, 15) is 14.7 Å². The van der Waals surface area contributed by atoms with Crippen molar-refractivity contribution in [1.29, 1.82) is 0 Å². The second-order valence-electron chi connectivity index (χ2n) is 8.20. The third-order valence-corrected chi connectivity index (χ3v) is 5.42. The summed E-state index contributed by atoms with van der Waals surface area (Å²) in [5.41, 5.74) is -1.55. The van der Waals surface area contributed by atoms with E-state index < -0.39 is 11.2 Å². The normalized spacial score (nSPS) is 18.6. The Morgan fingerprint density at radius 2 is 1.85 bits per heavy atom. The molecule has 1 saturated heterocycles. The highest BCUT2D eigenvalue weighted by Crippen LogP contribution is 2.26. The van der Waals surface area contributed by atoms with Gasteiger partial charge < -0.3 is 19.6 Å². The van der Waals surface area contributed by atoms with Crippen LogP contribution in [0.1, 0.15) is 53.9 Å². The van der Waals surface area contributed by atoms with Crippen LogP contribution in [0.2, 0.25) is 0 Å². The lowest BCUT2D eigenvalue weighted by atomic mass is 9.90. The van der Waals surface area contributed by atoms with Crippen LogP contribution in [0.3, 0.4) is 0 Å². The van der Waals surface area contributed by atoms with Crippen molar-refractivity contribution < 1.29 is 19.4 Å². The number of hydrogen-bond donors (Lipinski definition) is 1. The molecule has 0 aliphatic carbocycles. The second-order valence-corrected chi connectivity index (χ2v) is 9.68. The quantitative estimate of drug-likeness (QED) is 0.623. The van der Waals surface area contributed by atoms with E-state index in [0.717, 1.165) is 0 Å². The topological polar surface area (TPSA) is 70.1 Å². The highest BCUT2D eigenvalue weighted by Gasteiger charge is 2.39. The molecular weight excluding hydrogens is 424 g/mol. The van der Waals surface area contributed by atoms with Gasteiger partial charge in [-0.15, -0.1) is 11.6 Å². The average Bonchev–Trinajstić information content (AvgIpc) is 2.51. The Bertz CT molecular complexity index is 488. The predicted octanol–water partition coefficient (Wildman–Crippen LogP) is 3.38. The van der Waals surface area contributed by atoms with Crippen molar-refractivity contribution in [2.75, 3.05) is 25.5 Å². The molecule has 0 radical (unpaired) electrons. The van der Waals surface area contributed by atoms with E-state index >= 15 is 0 Å². The number of piperidine rings is 1. The third-order valence-electron chi connectivity index (χ3n) is 4.35. The molecule has 1 aliphatic rings. The number of carbonyl (C=O) groups is 2. The number of likely N-dealkylation sites (tertiary alicyclic amines) is 1. The fraction of sp³-hybridized carbons (Fsp3) is 0.889. The van der Waals surface area contributed by atoms with Crippen LogP contribution in [-0.4, -0.2) is 74.5 Å². The predicted molar refractivity (Wildman–Crippen MR) is 107 cm³/mol. The summed E-state index contributed by atoms with van der Waals surface area (Å²) >= 11 is 9.12. The smallest absolute Gasteiger partial charge is 0.410 e. The first-order valence-electron chi connectivity index (χ1n) is 9.09. The maximum absolute atomic E-state index is 12.6. The van der Waals surface area contributed by atoms with Crippen molar-refractivity contribution in [3.05, 3.63) is 0 Å². The molecule has 1 heterocycles. The number of aliphatic hydroxyl groups is 1. The Balaban J connectivity index is 2.69. The largest absolute Gasteiger partial charge is 0.444 e. The number of alkyl halides is 2. The molecule has 6 nitrogen and oxygen atoms in total. The molecule has 1 rings (SSSR count). The first-order valence-corrected chi connectivity index (χ1v) is 10.5. The Hall–Kier alpha value is -0.530. The summed E-state index contributed by atoms with van der Waals surface area (Å²) in [7, 11) is 0. The minimum absolute atomic E-state index is 0.0363. The molecule has 1 fully saturated rings. The Morgan fingerprint density at radius 3 is 2.27 bits per heavy atom. The lowest BCUT2D eigenvalue weighted by molar-refractivity contribution is -0.138. The SMILES string of the molecule is CC(C)N(CC1(O)CCN(C(=O)OC(C)(C)C)CC1)C(=O)C(Br)CCCl. The van der Waals surface area contributed by atoms with Crippen LogP contribution >= 0.6 is 27.5 Å². The molecule has 2 amide bonds. The van der Waals surface area contributed by atoms with Gasteiger partial charge in [-0.25, -0.2) is 4.79 Å². The summed E-state index contributed by atoms with van der Waals surface area (Å²) in [4.78, 5) is 27.8. The minimum Gasteiger partial charge on any atom is -0.444 e. The van der Waals surface area contributed by atoms with E-state index in [4.69, 9.17) is 16.3 Å². The highest BCUT2D eigenvalue weighted by molar-refractivity contribution is 9.10. The molecule has 0 aromatic carbocycles. The molecule has 1 aliphatic heterocycles.